The van der Waals surface area contributed by atoms with Crippen LogP contribution >= 0.6 is 0 Å². The van der Waals surface area contributed by atoms with Gasteiger partial charge < -0.3 is 14.4 Å². The number of hydrogen-bond donors (Lipinski definition) is 0. The van der Waals surface area contributed by atoms with Gasteiger partial charge in [0.15, 0.2) is 0 Å². The number of rotatable bonds is 4. The van der Waals surface area contributed by atoms with Gasteiger partial charge in [0.05, 0.1) is 24.7 Å². The largest absolute Gasteiger partial charge is 0.463 e. The first kappa shape index (κ1) is 16.3. The second-order valence-electron chi connectivity index (χ2n) is 7.57. The fourth-order valence-electron chi connectivity index (χ4n) is 4.21. The van der Waals surface area contributed by atoms with E-state index in [2.05, 4.69) is 0 Å². The van der Waals surface area contributed by atoms with Gasteiger partial charge in [0.25, 0.3) is 0 Å². The Balaban J connectivity index is 1.57. The van der Waals surface area contributed by atoms with Crippen LogP contribution in [-0.4, -0.2) is 41.1 Å². The van der Waals surface area contributed by atoms with Gasteiger partial charge in [0, 0.05) is 6.54 Å². The monoisotopic (exact) mass is 341 g/mol. The van der Waals surface area contributed by atoms with Crippen molar-refractivity contribution < 1.29 is 19.1 Å². The van der Waals surface area contributed by atoms with Crippen LogP contribution < -0.4 is 0 Å². The lowest BCUT2D eigenvalue weighted by atomic mass is 9.77. The number of aryl methyl sites for hydroxylation is 1. The summed E-state index contributed by atoms with van der Waals surface area (Å²) in [6, 6.07) is 8.15. The number of nitrogens with zero attached hydrogens (tertiary/aromatic N) is 1. The van der Waals surface area contributed by atoms with Crippen molar-refractivity contribution in [2.24, 2.45) is 11.8 Å². The van der Waals surface area contributed by atoms with Crippen LogP contribution in [-0.2, 0) is 25.6 Å². The maximum Gasteiger partial charge on any atom is 0.313 e. The van der Waals surface area contributed by atoms with Gasteiger partial charge in [0.1, 0.15) is 11.5 Å². The predicted molar refractivity (Wildman–Crippen MR) is 91.5 cm³/mol. The van der Waals surface area contributed by atoms with Crippen molar-refractivity contribution in [2.45, 2.75) is 45.1 Å². The third-order valence-corrected chi connectivity index (χ3v) is 5.30. The molecule has 0 unspecified atom stereocenters. The Labute approximate surface area is 147 Å². The Hall–Kier alpha value is -2.14. The molecule has 3 aliphatic heterocycles. The quantitative estimate of drug-likeness (QED) is 0.622. The smallest absolute Gasteiger partial charge is 0.313 e. The molecular formula is C20H23NO4. The lowest BCUT2D eigenvalue weighted by molar-refractivity contribution is -0.157. The highest BCUT2D eigenvalue weighted by Crippen LogP contribution is 2.52. The van der Waals surface area contributed by atoms with Gasteiger partial charge in [-0.1, -0.05) is 42.0 Å². The maximum absolute atomic E-state index is 13.0. The van der Waals surface area contributed by atoms with Crippen molar-refractivity contribution in [1.82, 2.24) is 4.90 Å². The summed E-state index contributed by atoms with van der Waals surface area (Å²) in [5.74, 6) is -1.36. The highest BCUT2D eigenvalue weighted by molar-refractivity contribution is 5.91. The zero-order chi connectivity index (χ0) is 17.8. The van der Waals surface area contributed by atoms with Crippen LogP contribution in [0.5, 0.6) is 0 Å². The second-order valence-corrected chi connectivity index (χ2v) is 7.57. The number of carbonyl (C=O) groups excluding carboxylic acids is 2. The molecule has 4 atom stereocenters. The Morgan fingerprint density at radius 3 is 2.76 bits per heavy atom. The van der Waals surface area contributed by atoms with Crippen molar-refractivity contribution in [3.05, 3.63) is 47.5 Å². The number of ether oxygens (including phenoxy) is 2. The molecule has 2 bridgehead atoms. The SMILES string of the molecule is Cc1ccc(CN2C[C@]34C=C[C@@H](O3)[C@@H](C(=O)OC(C)C)[C@@H]4C2=O)cc1. The average Bonchev–Trinajstić information content (AvgIpc) is 3.18. The van der Waals surface area contributed by atoms with E-state index in [1.807, 2.05) is 57.2 Å². The zero-order valence-electron chi connectivity index (χ0n) is 14.8. The molecule has 1 spiro atoms. The van der Waals surface area contributed by atoms with Crippen molar-refractivity contribution in [3.8, 4) is 0 Å². The van der Waals surface area contributed by atoms with Crippen molar-refractivity contribution in [2.75, 3.05) is 6.54 Å². The molecule has 0 radical (unpaired) electrons. The molecule has 2 fully saturated rings. The molecule has 0 aromatic heterocycles. The minimum atomic E-state index is -0.673. The second kappa shape index (κ2) is 5.70. The number of hydrogen-bond acceptors (Lipinski definition) is 4. The van der Waals surface area contributed by atoms with E-state index in [1.54, 1.807) is 4.90 Å². The van der Waals surface area contributed by atoms with Crippen LogP contribution in [0.15, 0.2) is 36.4 Å². The summed E-state index contributed by atoms with van der Waals surface area (Å²) in [4.78, 5) is 27.4. The van der Waals surface area contributed by atoms with E-state index in [1.165, 1.54) is 5.56 Å². The molecule has 1 aromatic carbocycles. The van der Waals surface area contributed by atoms with E-state index in [4.69, 9.17) is 9.47 Å². The zero-order valence-corrected chi connectivity index (χ0v) is 14.8. The maximum atomic E-state index is 13.0. The number of esters is 1. The Kier molecular flexibility index (Phi) is 3.72. The summed E-state index contributed by atoms with van der Waals surface area (Å²) in [5, 5.41) is 0. The summed E-state index contributed by atoms with van der Waals surface area (Å²) < 4.78 is 11.5. The first-order valence-electron chi connectivity index (χ1n) is 8.82. The van der Waals surface area contributed by atoms with Gasteiger partial charge in [-0.25, -0.2) is 0 Å². The number of carbonyl (C=O) groups is 2. The van der Waals surface area contributed by atoms with Gasteiger partial charge in [-0.05, 0) is 26.3 Å². The first-order chi connectivity index (χ1) is 11.9. The summed E-state index contributed by atoms with van der Waals surface area (Å²) in [6.45, 7) is 6.69. The highest BCUT2D eigenvalue weighted by Gasteiger charge is 2.67. The van der Waals surface area contributed by atoms with E-state index in [0.29, 0.717) is 13.1 Å². The lowest BCUT2D eigenvalue weighted by Crippen LogP contribution is -2.40. The van der Waals surface area contributed by atoms with Crippen LogP contribution in [0.1, 0.15) is 25.0 Å². The van der Waals surface area contributed by atoms with E-state index < -0.39 is 17.4 Å². The van der Waals surface area contributed by atoms with E-state index in [0.717, 1.165) is 5.56 Å². The van der Waals surface area contributed by atoms with Crippen molar-refractivity contribution in [1.29, 1.82) is 0 Å². The number of amides is 1. The van der Waals surface area contributed by atoms with Gasteiger partial charge >= 0.3 is 5.97 Å². The Morgan fingerprint density at radius 2 is 2.08 bits per heavy atom. The molecule has 25 heavy (non-hydrogen) atoms. The Bertz CT molecular complexity index is 739. The molecule has 5 heteroatoms. The third-order valence-electron chi connectivity index (χ3n) is 5.30. The molecule has 5 nitrogen and oxygen atoms in total. The van der Waals surface area contributed by atoms with Crippen LogP contribution in [0.3, 0.4) is 0 Å². The molecule has 4 rings (SSSR count). The molecule has 1 aromatic rings. The van der Waals surface area contributed by atoms with Crippen LogP contribution in [0, 0.1) is 18.8 Å². The molecule has 2 saturated heterocycles. The molecule has 132 valence electrons. The summed E-state index contributed by atoms with van der Waals surface area (Å²) in [6.07, 6.45) is 3.33. The third kappa shape index (κ3) is 2.58. The highest BCUT2D eigenvalue weighted by atomic mass is 16.6. The topological polar surface area (TPSA) is 55.8 Å². The molecule has 3 aliphatic rings. The van der Waals surface area contributed by atoms with Gasteiger partial charge in [0.2, 0.25) is 5.91 Å². The lowest BCUT2D eigenvalue weighted by Gasteiger charge is -2.23. The van der Waals surface area contributed by atoms with Crippen molar-refractivity contribution in [3.63, 3.8) is 0 Å². The number of likely N-dealkylation sites (tertiary alicyclic amines) is 1. The van der Waals surface area contributed by atoms with Crippen LogP contribution in [0.2, 0.25) is 0 Å². The average molecular weight is 341 g/mol. The molecule has 3 heterocycles. The molecule has 0 saturated carbocycles. The van der Waals surface area contributed by atoms with Gasteiger partial charge in [-0.2, -0.15) is 0 Å². The van der Waals surface area contributed by atoms with Crippen LogP contribution in [0.25, 0.3) is 0 Å². The summed E-state index contributed by atoms with van der Waals surface area (Å²) in [7, 11) is 0. The fourth-order valence-corrected chi connectivity index (χ4v) is 4.21. The first-order valence-corrected chi connectivity index (χ1v) is 8.82. The minimum Gasteiger partial charge on any atom is -0.463 e. The van der Waals surface area contributed by atoms with Crippen LogP contribution in [0.4, 0.5) is 0 Å². The molecule has 0 aliphatic carbocycles. The standard InChI is InChI=1S/C20H23NO4/c1-12(2)24-19(23)16-15-8-9-20(25-15)11-21(18(22)17(16)20)10-14-6-4-13(3)5-7-14/h4-9,12,15-17H,10-11H2,1-3H3/t15-,16-,17-,20+/m1/s1. The molecule has 0 N–H and O–H groups in total. The normalized spacial score (nSPS) is 32.6. The number of fused-ring (bicyclic) bond motifs is 1. The van der Waals surface area contributed by atoms with Gasteiger partial charge in [-0.3, -0.25) is 9.59 Å². The minimum absolute atomic E-state index is 0.0156. The van der Waals surface area contributed by atoms with Gasteiger partial charge in [-0.15, -0.1) is 0 Å². The van der Waals surface area contributed by atoms with Crippen molar-refractivity contribution >= 4 is 11.9 Å². The Morgan fingerprint density at radius 1 is 1.36 bits per heavy atom. The van der Waals surface area contributed by atoms with E-state index in [-0.39, 0.29) is 24.1 Å². The number of benzene rings is 1. The van der Waals surface area contributed by atoms with E-state index in [9.17, 15) is 9.59 Å². The summed E-state index contributed by atoms with van der Waals surface area (Å²) >= 11 is 0. The molecule has 1 amide bonds. The molecular weight excluding hydrogens is 318 g/mol. The predicted octanol–water partition coefficient (Wildman–Crippen LogP) is 2.23. The summed E-state index contributed by atoms with van der Waals surface area (Å²) in [5.41, 5.74) is 1.59. The fraction of sp³-hybridized carbons (Fsp3) is 0.500. The van der Waals surface area contributed by atoms with E-state index >= 15 is 0 Å².